The molecule has 5 rings (SSSR count). The molecule has 37 heavy (non-hydrogen) atoms. The highest BCUT2D eigenvalue weighted by Crippen LogP contribution is 2.68. The van der Waals surface area contributed by atoms with Crippen molar-refractivity contribution in [3.05, 3.63) is 41.7 Å². The highest BCUT2D eigenvalue weighted by molar-refractivity contribution is 5.90. The molecule has 8 atom stereocenters. The summed E-state index contributed by atoms with van der Waals surface area (Å²) in [6.45, 7) is 12.6. The Balaban J connectivity index is 1.28. The average molecular weight is 507 g/mol. The Hall–Kier alpha value is -1.77. The van der Waals surface area contributed by atoms with Crippen molar-refractivity contribution in [1.29, 1.82) is 0 Å². The van der Waals surface area contributed by atoms with Crippen molar-refractivity contribution in [2.45, 2.75) is 105 Å². The van der Waals surface area contributed by atoms with Crippen molar-refractivity contribution in [3.8, 4) is 5.75 Å². The van der Waals surface area contributed by atoms with Crippen LogP contribution in [0.1, 0.15) is 116 Å². The van der Waals surface area contributed by atoms with Gasteiger partial charge in [0.1, 0.15) is 17.1 Å². The van der Waals surface area contributed by atoms with E-state index in [0.717, 1.165) is 54.1 Å². The summed E-state index contributed by atoms with van der Waals surface area (Å²) in [6, 6.07) is 7.05. The number of ether oxygens (including phenoxy) is 1. The molecule has 0 aromatic heterocycles. The zero-order chi connectivity index (χ0) is 26.4. The van der Waals surface area contributed by atoms with Crippen molar-refractivity contribution < 1.29 is 14.6 Å². The van der Waals surface area contributed by atoms with Crippen molar-refractivity contribution in [2.24, 2.45) is 52.3 Å². The molecule has 3 saturated carbocycles. The molecule has 1 aromatic rings. The minimum absolute atomic E-state index is 0.251. The Morgan fingerprint density at radius 2 is 1.76 bits per heavy atom. The number of hydrogen-bond donors (Lipinski definition) is 1. The van der Waals surface area contributed by atoms with Gasteiger partial charge in [0.25, 0.3) is 0 Å². The van der Waals surface area contributed by atoms with Crippen LogP contribution in [0.3, 0.4) is 0 Å². The van der Waals surface area contributed by atoms with Gasteiger partial charge in [-0.2, -0.15) is 0 Å². The molecule has 0 heterocycles. The Kier molecular flexibility index (Phi) is 7.55. The number of carbonyl (C=O) groups is 1. The fourth-order valence-corrected chi connectivity index (χ4v) is 9.83. The summed E-state index contributed by atoms with van der Waals surface area (Å²) in [5.74, 6) is 6.39. The molecule has 4 aliphatic carbocycles. The van der Waals surface area contributed by atoms with Crippen molar-refractivity contribution in [1.82, 2.24) is 0 Å². The van der Waals surface area contributed by atoms with Crippen LogP contribution in [0.15, 0.2) is 36.1 Å². The zero-order valence-corrected chi connectivity index (χ0v) is 24.0. The molecule has 0 aliphatic heterocycles. The quantitative estimate of drug-likeness (QED) is 0.382. The van der Waals surface area contributed by atoms with Crippen LogP contribution in [0.25, 0.3) is 0 Å². The van der Waals surface area contributed by atoms with Gasteiger partial charge in [-0.3, -0.25) is 0 Å². The normalized spacial score (nSPS) is 37.8. The fourth-order valence-electron chi connectivity index (χ4n) is 9.83. The molecule has 3 heteroatoms. The van der Waals surface area contributed by atoms with Crippen LogP contribution in [-0.4, -0.2) is 11.1 Å². The molecule has 0 saturated heterocycles. The standard InChI is InChI=1S/C34H50O3/c1-22(2)9-8-10-23(3)28-15-16-29-26-14-13-24-21-25(37-31-12-7-6-11-27(31)32(35)36)17-19-33(24,4)30(26)18-20-34(28,29)5/h6-7,11-12,17,22-24,26,28-30H,8-10,13-16,18-21H2,1-5H3,(H,35,36)/t23-,24?,26?,28-,29?,30?,33+,34-/m1/s1. The van der Waals surface area contributed by atoms with Gasteiger partial charge in [0.05, 0.1) is 0 Å². The number of benzene rings is 1. The predicted molar refractivity (Wildman–Crippen MR) is 151 cm³/mol. The Morgan fingerprint density at radius 1 is 1.00 bits per heavy atom. The number of carboxylic acids is 1. The highest BCUT2D eigenvalue weighted by Gasteiger charge is 2.60. The first-order valence-corrected chi connectivity index (χ1v) is 15.3. The van der Waals surface area contributed by atoms with E-state index in [4.69, 9.17) is 4.74 Å². The number of rotatable bonds is 8. The van der Waals surface area contributed by atoms with E-state index in [1.54, 1.807) is 18.2 Å². The molecule has 3 fully saturated rings. The van der Waals surface area contributed by atoms with Crippen LogP contribution in [0, 0.1) is 52.3 Å². The van der Waals surface area contributed by atoms with E-state index >= 15 is 0 Å². The van der Waals surface area contributed by atoms with Gasteiger partial charge >= 0.3 is 5.97 Å². The van der Waals surface area contributed by atoms with E-state index in [9.17, 15) is 9.90 Å². The van der Waals surface area contributed by atoms with E-state index in [0.29, 0.717) is 22.5 Å². The van der Waals surface area contributed by atoms with Gasteiger partial charge in [0, 0.05) is 6.42 Å². The van der Waals surface area contributed by atoms with Crippen LogP contribution in [0.2, 0.25) is 0 Å². The van der Waals surface area contributed by atoms with Gasteiger partial charge < -0.3 is 9.84 Å². The molecule has 1 N–H and O–H groups in total. The molecule has 0 amide bonds. The van der Waals surface area contributed by atoms with Gasteiger partial charge in [-0.25, -0.2) is 4.79 Å². The number of carboxylic acid groups (broad SMARTS) is 1. The number of allylic oxidation sites excluding steroid dienone is 2. The predicted octanol–water partition coefficient (Wildman–Crippen LogP) is 9.38. The zero-order valence-electron chi connectivity index (χ0n) is 24.0. The monoisotopic (exact) mass is 506 g/mol. The number of fused-ring (bicyclic) bond motifs is 5. The lowest BCUT2D eigenvalue weighted by Gasteiger charge is -2.60. The lowest BCUT2D eigenvalue weighted by molar-refractivity contribution is -0.104. The number of aromatic carboxylic acids is 1. The van der Waals surface area contributed by atoms with E-state index in [2.05, 4.69) is 40.7 Å². The maximum Gasteiger partial charge on any atom is 0.339 e. The first-order chi connectivity index (χ1) is 17.6. The van der Waals surface area contributed by atoms with Gasteiger partial charge in [-0.15, -0.1) is 0 Å². The van der Waals surface area contributed by atoms with Crippen LogP contribution in [0.4, 0.5) is 0 Å². The summed E-state index contributed by atoms with van der Waals surface area (Å²) in [4.78, 5) is 11.7. The summed E-state index contributed by atoms with van der Waals surface area (Å²) in [6.07, 6.45) is 16.9. The minimum atomic E-state index is -0.924. The topological polar surface area (TPSA) is 46.5 Å². The van der Waals surface area contributed by atoms with Gasteiger partial charge in [0.2, 0.25) is 0 Å². The van der Waals surface area contributed by atoms with Gasteiger partial charge in [0.15, 0.2) is 0 Å². The summed E-state index contributed by atoms with van der Waals surface area (Å²) in [5.41, 5.74) is 1.15. The summed E-state index contributed by atoms with van der Waals surface area (Å²) in [5, 5.41) is 9.57. The first-order valence-electron chi connectivity index (χ1n) is 15.3. The molecule has 0 spiro atoms. The van der Waals surface area contributed by atoms with Crippen LogP contribution < -0.4 is 4.74 Å². The summed E-state index contributed by atoms with van der Waals surface area (Å²) < 4.78 is 6.23. The van der Waals surface area contributed by atoms with Crippen LogP contribution >= 0.6 is 0 Å². The smallest absolute Gasteiger partial charge is 0.339 e. The molecule has 0 radical (unpaired) electrons. The lowest BCUT2D eigenvalue weighted by atomic mass is 9.45. The van der Waals surface area contributed by atoms with Crippen molar-refractivity contribution in [2.75, 3.05) is 0 Å². The van der Waals surface area contributed by atoms with E-state index in [-0.39, 0.29) is 5.56 Å². The average Bonchev–Trinajstić information content (AvgIpc) is 3.21. The van der Waals surface area contributed by atoms with Crippen LogP contribution in [-0.2, 0) is 0 Å². The number of hydrogen-bond acceptors (Lipinski definition) is 2. The second-order valence-corrected chi connectivity index (χ2v) is 14.2. The molecular formula is C34H50O3. The molecule has 4 unspecified atom stereocenters. The van der Waals surface area contributed by atoms with E-state index in [1.165, 1.54) is 57.8 Å². The van der Waals surface area contributed by atoms with Gasteiger partial charge in [-0.1, -0.05) is 66.0 Å². The molecular weight excluding hydrogens is 456 g/mol. The summed E-state index contributed by atoms with van der Waals surface area (Å²) in [7, 11) is 0. The molecule has 0 bridgehead atoms. The van der Waals surface area contributed by atoms with Crippen LogP contribution in [0.5, 0.6) is 5.75 Å². The largest absolute Gasteiger partial charge is 0.478 e. The Bertz CT molecular complexity index is 1010. The Morgan fingerprint density at radius 3 is 2.51 bits per heavy atom. The molecule has 3 nitrogen and oxygen atoms in total. The minimum Gasteiger partial charge on any atom is -0.478 e. The second kappa shape index (κ2) is 10.4. The summed E-state index contributed by atoms with van der Waals surface area (Å²) >= 11 is 0. The van der Waals surface area contributed by atoms with E-state index in [1.807, 2.05) is 6.07 Å². The molecule has 4 aliphatic rings. The Labute approximate surface area is 225 Å². The van der Waals surface area contributed by atoms with Crippen molar-refractivity contribution >= 4 is 5.97 Å². The van der Waals surface area contributed by atoms with Gasteiger partial charge in [-0.05, 0) is 115 Å². The second-order valence-electron chi connectivity index (χ2n) is 14.2. The third kappa shape index (κ3) is 4.89. The fraction of sp³-hybridized carbons (Fsp3) is 0.735. The van der Waals surface area contributed by atoms with E-state index < -0.39 is 5.97 Å². The third-order valence-corrected chi connectivity index (χ3v) is 11.8. The first kappa shape index (κ1) is 26.8. The third-order valence-electron chi connectivity index (χ3n) is 11.8. The molecule has 204 valence electrons. The van der Waals surface area contributed by atoms with Crippen molar-refractivity contribution in [3.63, 3.8) is 0 Å². The lowest BCUT2D eigenvalue weighted by Crippen LogP contribution is -2.53. The highest BCUT2D eigenvalue weighted by atomic mass is 16.5. The molecule has 1 aromatic carbocycles. The number of para-hydroxylation sites is 1. The maximum atomic E-state index is 11.7. The maximum absolute atomic E-state index is 11.7. The SMILES string of the molecule is CC(C)CCC[C@@H](C)[C@H]1CCC2C3CCC4CC(Oc5ccccc5C(=O)O)=CC[C@]4(C)C3CC[C@@]21C.